The highest BCUT2D eigenvalue weighted by Gasteiger charge is 2.08. The molecule has 6 nitrogen and oxygen atoms in total. The molecule has 1 aromatic carbocycles. The van der Waals surface area contributed by atoms with Gasteiger partial charge >= 0.3 is 0 Å². The molecule has 7 heteroatoms. The number of halogens is 1. The van der Waals surface area contributed by atoms with Crippen LogP contribution in [0.15, 0.2) is 29.3 Å². The molecule has 0 aliphatic rings. The summed E-state index contributed by atoms with van der Waals surface area (Å²) in [4.78, 5) is 20.6. The van der Waals surface area contributed by atoms with Crippen LogP contribution in [0.25, 0.3) is 0 Å². The van der Waals surface area contributed by atoms with Crippen LogP contribution in [0.2, 0.25) is 0 Å². The lowest BCUT2D eigenvalue weighted by Gasteiger charge is -2.25. The van der Waals surface area contributed by atoms with Gasteiger partial charge in [0, 0.05) is 45.3 Å². The maximum atomic E-state index is 11.9. The summed E-state index contributed by atoms with van der Waals surface area (Å²) in [6.45, 7) is 13.0. The number of hydrogen-bond acceptors (Lipinski definition) is 3. The quantitative estimate of drug-likeness (QED) is 0.318. The van der Waals surface area contributed by atoms with Crippen molar-refractivity contribution in [2.24, 2.45) is 4.99 Å². The van der Waals surface area contributed by atoms with Crippen LogP contribution >= 0.6 is 24.0 Å². The predicted octanol–water partition coefficient (Wildman–Crippen LogP) is 2.79. The lowest BCUT2D eigenvalue weighted by Crippen LogP contribution is -2.43. The second-order valence-electron chi connectivity index (χ2n) is 6.74. The summed E-state index contributed by atoms with van der Waals surface area (Å²) in [6, 6.07) is 8.18. The number of carbonyl (C=O) groups is 1. The molecule has 1 amide bonds. The first-order valence-electron chi connectivity index (χ1n) is 9.45. The Morgan fingerprint density at radius 3 is 2.22 bits per heavy atom. The fraction of sp³-hybridized carbons (Fsp3) is 0.600. The Kier molecular flexibility index (Phi) is 13.1. The van der Waals surface area contributed by atoms with Gasteiger partial charge in [-0.05, 0) is 45.0 Å². The lowest BCUT2D eigenvalue weighted by atomic mass is 10.1. The molecule has 0 bridgehead atoms. The third-order valence-corrected chi connectivity index (χ3v) is 4.20. The fourth-order valence-corrected chi connectivity index (χ4v) is 2.62. The van der Waals surface area contributed by atoms with Crippen LogP contribution in [0, 0.1) is 0 Å². The molecule has 0 spiro atoms. The van der Waals surface area contributed by atoms with Gasteiger partial charge in [0.2, 0.25) is 0 Å². The first-order valence-corrected chi connectivity index (χ1v) is 9.45. The molecule has 0 saturated heterocycles. The highest BCUT2D eigenvalue weighted by Crippen LogP contribution is 2.07. The van der Waals surface area contributed by atoms with E-state index in [0.29, 0.717) is 18.2 Å². The molecule has 0 aliphatic heterocycles. The van der Waals surface area contributed by atoms with Crippen molar-refractivity contribution >= 4 is 35.8 Å². The number of benzene rings is 1. The minimum atomic E-state index is 0. The van der Waals surface area contributed by atoms with Gasteiger partial charge in [0.15, 0.2) is 5.96 Å². The van der Waals surface area contributed by atoms with E-state index in [1.807, 2.05) is 24.3 Å². The molecule has 1 rings (SSSR count). The molecule has 1 aromatic rings. The molecule has 0 radical (unpaired) electrons. The summed E-state index contributed by atoms with van der Waals surface area (Å²) in [5.74, 6) is 0.835. The number of likely N-dealkylation sites (N-methyl/N-ethyl adjacent to an activating group) is 1. The molecular weight excluding hydrogens is 453 g/mol. The van der Waals surface area contributed by atoms with Crippen LogP contribution in [0.4, 0.5) is 0 Å². The molecule has 0 atom stereocenters. The Bertz CT molecular complexity index is 572. The number of nitrogens with zero attached hydrogens (tertiary/aromatic N) is 3. The molecule has 0 fully saturated rings. The number of amides is 1. The van der Waals surface area contributed by atoms with E-state index in [2.05, 4.69) is 48.2 Å². The highest BCUT2D eigenvalue weighted by molar-refractivity contribution is 14.0. The smallest absolute Gasteiger partial charge is 0.253 e. The normalized spacial score (nSPS) is 11.3. The maximum Gasteiger partial charge on any atom is 0.253 e. The summed E-state index contributed by atoms with van der Waals surface area (Å²) in [6.07, 6.45) is 0. The molecule has 0 heterocycles. The average molecular weight is 489 g/mol. The van der Waals surface area contributed by atoms with Crippen molar-refractivity contribution in [2.45, 2.75) is 40.3 Å². The van der Waals surface area contributed by atoms with Crippen molar-refractivity contribution in [1.82, 2.24) is 20.4 Å². The van der Waals surface area contributed by atoms with Crippen molar-refractivity contribution in [3.63, 3.8) is 0 Å². The fourth-order valence-electron chi connectivity index (χ4n) is 2.62. The summed E-state index contributed by atoms with van der Waals surface area (Å²) in [7, 11) is 3.52. The number of rotatable bonds is 9. The zero-order valence-corrected chi connectivity index (χ0v) is 19.9. The van der Waals surface area contributed by atoms with Crippen molar-refractivity contribution in [3.05, 3.63) is 35.4 Å². The summed E-state index contributed by atoms with van der Waals surface area (Å²) in [5.41, 5.74) is 1.77. The van der Waals surface area contributed by atoms with Crippen molar-refractivity contribution in [1.29, 1.82) is 0 Å². The molecule has 2 N–H and O–H groups in total. The Morgan fingerprint density at radius 1 is 1.11 bits per heavy atom. The third kappa shape index (κ3) is 9.41. The Labute approximate surface area is 181 Å². The van der Waals surface area contributed by atoms with Crippen LogP contribution < -0.4 is 10.6 Å². The van der Waals surface area contributed by atoms with Crippen LogP contribution in [0.1, 0.15) is 43.6 Å². The topological polar surface area (TPSA) is 60.0 Å². The van der Waals surface area contributed by atoms with Gasteiger partial charge in [0.05, 0.1) is 6.54 Å². The van der Waals surface area contributed by atoms with E-state index >= 15 is 0 Å². The molecule has 0 saturated carbocycles. The summed E-state index contributed by atoms with van der Waals surface area (Å²) < 4.78 is 0. The molecule has 27 heavy (non-hydrogen) atoms. The molecule has 154 valence electrons. The molecular formula is C20H36IN5O. The van der Waals surface area contributed by atoms with Gasteiger partial charge in [-0.25, -0.2) is 4.99 Å². The minimum absolute atomic E-state index is 0. The van der Waals surface area contributed by atoms with Gasteiger partial charge in [-0.2, -0.15) is 0 Å². The average Bonchev–Trinajstić information content (AvgIpc) is 2.62. The van der Waals surface area contributed by atoms with E-state index in [1.165, 1.54) is 0 Å². The van der Waals surface area contributed by atoms with E-state index in [-0.39, 0.29) is 29.9 Å². The van der Waals surface area contributed by atoms with E-state index in [4.69, 9.17) is 0 Å². The first-order chi connectivity index (χ1) is 12.4. The highest BCUT2D eigenvalue weighted by atomic mass is 127. The van der Waals surface area contributed by atoms with Crippen LogP contribution in [-0.4, -0.2) is 68.0 Å². The Morgan fingerprint density at radius 2 is 1.74 bits per heavy atom. The Balaban J connectivity index is 0.00000676. The number of aliphatic imine (C=N–C) groups is 1. The van der Waals surface area contributed by atoms with Gasteiger partial charge in [0.1, 0.15) is 0 Å². The van der Waals surface area contributed by atoms with Gasteiger partial charge < -0.3 is 15.5 Å². The zero-order chi connectivity index (χ0) is 19.5. The predicted molar refractivity (Wildman–Crippen MR) is 125 cm³/mol. The van der Waals surface area contributed by atoms with Crippen LogP contribution in [0.3, 0.4) is 0 Å². The number of carbonyl (C=O) groups excluding carboxylic acids is 1. The number of hydrogen-bond donors (Lipinski definition) is 2. The first kappa shape index (κ1) is 25.6. The van der Waals surface area contributed by atoms with Gasteiger partial charge in [-0.3, -0.25) is 9.69 Å². The van der Waals surface area contributed by atoms with Gasteiger partial charge in [-0.15, -0.1) is 24.0 Å². The maximum absolute atomic E-state index is 11.9. The van der Waals surface area contributed by atoms with Crippen molar-refractivity contribution in [2.75, 3.05) is 40.3 Å². The monoisotopic (exact) mass is 489 g/mol. The largest absolute Gasteiger partial charge is 0.357 e. The lowest BCUT2D eigenvalue weighted by molar-refractivity contribution is 0.0827. The number of nitrogens with one attached hydrogen (secondary N) is 2. The van der Waals surface area contributed by atoms with E-state index in [1.54, 1.807) is 19.0 Å². The molecule has 0 unspecified atom stereocenters. The third-order valence-electron chi connectivity index (χ3n) is 4.20. The second kappa shape index (κ2) is 13.8. The molecule has 0 aromatic heterocycles. The zero-order valence-electron chi connectivity index (χ0n) is 17.6. The van der Waals surface area contributed by atoms with Crippen molar-refractivity contribution in [3.8, 4) is 0 Å². The van der Waals surface area contributed by atoms with Gasteiger partial charge in [-0.1, -0.05) is 19.1 Å². The standard InChI is InChI=1S/C20H35N5O.HI/c1-7-21-20(22-13-14-25(8-2)16(3)4)23-15-17-9-11-18(12-10-17)19(26)24(5)6;/h9-12,16H,7-8,13-15H2,1-6H3,(H2,21,22,23);1H. The van der Waals surface area contributed by atoms with Crippen LogP contribution in [0.5, 0.6) is 0 Å². The summed E-state index contributed by atoms with van der Waals surface area (Å²) in [5, 5.41) is 6.67. The summed E-state index contributed by atoms with van der Waals surface area (Å²) >= 11 is 0. The minimum Gasteiger partial charge on any atom is -0.357 e. The van der Waals surface area contributed by atoms with Crippen molar-refractivity contribution < 1.29 is 4.79 Å². The van der Waals surface area contributed by atoms with E-state index in [0.717, 1.165) is 37.7 Å². The SMILES string of the molecule is CCNC(=NCc1ccc(C(=O)N(C)C)cc1)NCCN(CC)C(C)C.I. The van der Waals surface area contributed by atoms with E-state index in [9.17, 15) is 4.79 Å². The van der Waals surface area contributed by atoms with Gasteiger partial charge in [0.25, 0.3) is 5.91 Å². The molecule has 0 aliphatic carbocycles. The van der Waals surface area contributed by atoms with E-state index < -0.39 is 0 Å². The second-order valence-corrected chi connectivity index (χ2v) is 6.74. The number of guanidine groups is 1. The Hall–Kier alpha value is -1.35. The van der Waals surface area contributed by atoms with Crippen LogP contribution in [-0.2, 0) is 6.54 Å².